The number of hydrogen-bond acceptors (Lipinski definition) is 22. The highest BCUT2D eigenvalue weighted by molar-refractivity contribution is 7.93. The van der Waals surface area contributed by atoms with Crippen LogP contribution in [-0.4, -0.2) is 215 Å². The van der Waals surface area contributed by atoms with Crippen LogP contribution in [0.5, 0.6) is 11.5 Å². The number of carboxylic acid groups (broad SMARTS) is 1. The molecule has 8 rings (SSSR count). The first-order valence-corrected chi connectivity index (χ1v) is 41.5. The Hall–Kier alpha value is -11.2. The van der Waals surface area contributed by atoms with Crippen molar-refractivity contribution < 1.29 is 98.1 Å². The van der Waals surface area contributed by atoms with E-state index in [0.29, 0.717) is 67.0 Å². The number of unbranched alkanes of at least 4 members (excludes halogenated alkanes) is 1. The van der Waals surface area contributed by atoms with Crippen LogP contribution < -0.4 is 62.0 Å². The number of ether oxygens (including phenoxy) is 6. The number of nitrogens with one attached hydrogen (secondary N) is 10. The SMILES string of the molecule is CCCNC(=O)Nc1cccc(S(=O)(=O)Nc2cccc([C@@H](CC(=O)O)NC(=O)Nc3ccc(NC(=O)NCCOCCOCCOCCC(=O)N[C@@H](CC(=O)OCCCCN(C)C)C(=O)N4CCC[C@H]4C(=O)N[C@H](C(=O)N=[S@](C)(=O)Cc4cc5cc(c4)OCCCCOc4cc(F)ccc4-c4nc(ncc4F)N5)C(C)C)cc3)c2)c1. The summed E-state index contributed by atoms with van der Waals surface area (Å²) in [5, 5.41) is 33.9. The summed E-state index contributed by atoms with van der Waals surface area (Å²) in [5.41, 5.74) is 2.10. The van der Waals surface area contributed by atoms with Crippen molar-refractivity contribution >= 4 is 108 Å². The molecule has 11 N–H and O–H groups in total. The number of aromatic nitrogens is 2. The number of benzene rings is 5. The Labute approximate surface area is 672 Å². The molecule has 0 aliphatic carbocycles. The number of amides is 10. The Morgan fingerprint density at radius 1 is 0.716 bits per heavy atom. The van der Waals surface area contributed by atoms with E-state index in [-0.39, 0.29) is 136 Å². The van der Waals surface area contributed by atoms with E-state index in [1.165, 1.54) is 96.1 Å². The first-order chi connectivity index (χ1) is 55.5. The van der Waals surface area contributed by atoms with Crippen LogP contribution in [0.3, 0.4) is 0 Å². The van der Waals surface area contributed by atoms with Gasteiger partial charge in [-0.1, -0.05) is 39.0 Å². The maximum atomic E-state index is 15.3. The quantitative estimate of drug-likeness (QED) is 0.0127. The summed E-state index contributed by atoms with van der Waals surface area (Å²) in [4.78, 5) is 131. The second-order valence-corrected chi connectivity index (χ2v) is 31.9. The lowest BCUT2D eigenvalue weighted by atomic mass is 10.0. The van der Waals surface area contributed by atoms with Crippen LogP contribution in [-0.2, 0) is 73.2 Å². The van der Waals surface area contributed by atoms with Crippen molar-refractivity contribution in [3.8, 4) is 22.8 Å². The zero-order valence-corrected chi connectivity index (χ0v) is 67.1. The molecule has 1 aromatic heterocycles. The van der Waals surface area contributed by atoms with E-state index in [2.05, 4.69) is 66.9 Å². The van der Waals surface area contributed by atoms with Gasteiger partial charge in [0.2, 0.25) is 23.7 Å². The van der Waals surface area contributed by atoms with Crippen molar-refractivity contribution in [3.05, 3.63) is 138 Å². The molecule has 10 amide bonds. The van der Waals surface area contributed by atoms with E-state index < -0.39 is 128 Å². The van der Waals surface area contributed by atoms with Gasteiger partial charge >= 0.3 is 30.0 Å². The third kappa shape index (κ3) is 30.2. The molecule has 2 aliphatic heterocycles. The number of esters is 1. The molecule has 0 spiro atoms. The molecule has 38 heteroatoms. The van der Waals surface area contributed by atoms with Gasteiger partial charge in [0.1, 0.15) is 41.1 Å². The summed E-state index contributed by atoms with van der Waals surface area (Å²) in [5.74, 6) is -6.76. The molecule has 0 radical (unpaired) electrons. The van der Waals surface area contributed by atoms with Crippen molar-refractivity contribution in [1.29, 1.82) is 0 Å². The van der Waals surface area contributed by atoms with Crippen molar-refractivity contribution in [2.45, 2.75) is 120 Å². The molecular weight excluding hydrogens is 1550 g/mol. The molecule has 34 nitrogen and oxygen atoms in total. The number of nitrogens with zero attached hydrogens (tertiary/aromatic N) is 5. The lowest BCUT2D eigenvalue weighted by Crippen LogP contribution is -2.56. The molecule has 1 saturated heterocycles. The fourth-order valence-electron chi connectivity index (χ4n) is 12.0. The van der Waals surface area contributed by atoms with E-state index >= 15 is 4.39 Å². The summed E-state index contributed by atoms with van der Waals surface area (Å²) in [6.45, 7) is 7.59. The predicted octanol–water partition coefficient (Wildman–Crippen LogP) is 8.66. The Morgan fingerprint density at radius 3 is 2.09 bits per heavy atom. The van der Waals surface area contributed by atoms with Crippen LogP contribution in [0.15, 0.2) is 125 Å². The number of carbonyl (C=O) groups is 9. The van der Waals surface area contributed by atoms with E-state index in [4.69, 9.17) is 28.4 Å². The highest BCUT2D eigenvalue weighted by Crippen LogP contribution is 2.34. The Balaban J connectivity index is 0.748. The maximum absolute atomic E-state index is 15.3. The molecule has 0 saturated carbocycles. The summed E-state index contributed by atoms with van der Waals surface area (Å²) in [7, 11) is -3.78. The van der Waals surface area contributed by atoms with Gasteiger partial charge in [0, 0.05) is 78.4 Å². The third-order valence-corrected chi connectivity index (χ3v) is 20.4. The van der Waals surface area contributed by atoms with Gasteiger partial charge in [-0.05, 0) is 161 Å². The molecular formula is C78H101F2N15O19S2. The minimum Gasteiger partial charge on any atom is -0.494 e. The smallest absolute Gasteiger partial charge is 0.319 e. The number of rotatable bonds is 39. The highest BCUT2D eigenvalue weighted by atomic mass is 32.2. The second-order valence-electron chi connectivity index (χ2n) is 27.9. The maximum Gasteiger partial charge on any atom is 0.319 e. The van der Waals surface area contributed by atoms with Crippen LogP contribution in [0.1, 0.15) is 102 Å². The number of sulfonamides is 1. The minimum atomic E-state index is -4.19. The van der Waals surface area contributed by atoms with Crippen LogP contribution in [0.25, 0.3) is 11.3 Å². The Kier molecular flexibility index (Phi) is 35.2. The molecule has 6 aromatic rings. The number of likely N-dealkylation sites (tertiary alicyclic amines) is 1. The summed E-state index contributed by atoms with van der Waals surface area (Å²) >= 11 is 0. The van der Waals surface area contributed by atoms with Crippen molar-refractivity contribution in [2.75, 3.05) is 132 Å². The van der Waals surface area contributed by atoms with Gasteiger partial charge in [0.15, 0.2) is 5.82 Å². The topological polar surface area (TPSA) is 445 Å². The summed E-state index contributed by atoms with van der Waals surface area (Å²) in [6.07, 6.45) is 4.44. The first kappa shape index (κ1) is 90.3. The summed E-state index contributed by atoms with van der Waals surface area (Å²) in [6, 6.07) is 19.3. The third-order valence-electron chi connectivity index (χ3n) is 17.6. The molecule has 628 valence electrons. The summed E-state index contributed by atoms with van der Waals surface area (Å²) < 4.78 is 112. The van der Waals surface area contributed by atoms with Crippen LogP contribution in [0.4, 0.5) is 57.5 Å². The fourth-order valence-corrected chi connectivity index (χ4v) is 14.4. The molecule has 4 bridgehead atoms. The predicted molar refractivity (Wildman–Crippen MR) is 428 cm³/mol. The highest BCUT2D eigenvalue weighted by Gasteiger charge is 2.40. The minimum absolute atomic E-state index is 0.0383. The van der Waals surface area contributed by atoms with E-state index in [1.807, 2.05) is 25.9 Å². The van der Waals surface area contributed by atoms with E-state index in [1.54, 1.807) is 32.0 Å². The monoisotopic (exact) mass is 1650 g/mol. The van der Waals surface area contributed by atoms with Gasteiger partial charge in [-0.15, -0.1) is 0 Å². The number of carbonyl (C=O) groups excluding carboxylic acids is 8. The largest absolute Gasteiger partial charge is 0.494 e. The molecule has 2 aliphatic rings. The van der Waals surface area contributed by atoms with Gasteiger partial charge in [-0.3, -0.25) is 33.5 Å². The number of halogens is 2. The van der Waals surface area contributed by atoms with Crippen LogP contribution in [0.2, 0.25) is 0 Å². The molecule has 5 aromatic carbocycles. The van der Waals surface area contributed by atoms with Gasteiger partial charge in [0.05, 0.1) is 105 Å². The number of anilines is 6. The van der Waals surface area contributed by atoms with Crippen molar-refractivity contribution in [1.82, 2.24) is 46.4 Å². The number of aliphatic carboxylic acids is 1. The van der Waals surface area contributed by atoms with E-state index in [9.17, 15) is 65.3 Å². The van der Waals surface area contributed by atoms with Gasteiger partial charge in [-0.2, -0.15) is 4.36 Å². The number of urea groups is 3. The zero-order chi connectivity index (χ0) is 83.7. The number of fused-ring (bicyclic) bond motifs is 6. The van der Waals surface area contributed by atoms with Gasteiger partial charge in [-0.25, -0.2) is 45.8 Å². The Bertz CT molecular complexity index is 4640. The average molecular weight is 1650 g/mol. The second kappa shape index (κ2) is 45.2. The molecule has 1 fully saturated rings. The van der Waals surface area contributed by atoms with Crippen molar-refractivity contribution in [2.24, 2.45) is 10.3 Å². The van der Waals surface area contributed by atoms with Gasteiger partial charge in [0.25, 0.3) is 15.9 Å². The first-order valence-electron chi connectivity index (χ1n) is 37.9. The molecule has 0 unspecified atom stereocenters. The fraction of sp³-hybridized carbons (Fsp3) is 0.449. The van der Waals surface area contributed by atoms with Gasteiger partial charge < -0.3 is 91.2 Å². The molecule has 116 heavy (non-hydrogen) atoms. The van der Waals surface area contributed by atoms with E-state index in [0.717, 1.165) is 25.2 Å². The number of carboxylic acids is 1. The molecule has 3 heterocycles. The average Bonchev–Trinajstić information content (AvgIpc) is 1.10. The zero-order valence-electron chi connectivity index (χ0n) is 65.4. The molecule has 5 atom stereocenters. The standard InChI is InChI=1S/C78H101F2N15O19S2/c1-7-27-81-76(103)87-56-16-13-18-60(45-56)116(107,108)92-57-17-12-15-52(42-57)63(46-68(97)98)89-78(105)86-55-23-21-54(22-24-55)85-77(104)82-28-35-110-37-39-111-38-36-109-34-26-67(96)88-64(47-69(99)114-33-9-8-29-94(4)5)74(102)95-30-14-19-65(95)72(100)90-70(50(2)3)73(101)93-115(6,106)49-51-40-58-44-59(41-51)112-31-10-11-32-113-66-43-53(79)20-25-61(66)71-62(80)48-83-75(84-58)91-71/h12-13,15-18,20-25,40-45,48,50,63-65,70,92H,7-11,14,19,26-39,46-47,49H2,1-6H3,(H,88,96)(H,90,100)(H,97,98)(H2,81,87,103)(H2,82,85,104)(H,83,84,91)(H2,86,89,105)/t63-,64+,65+,70+,115-/m1/s1. The van der Waals surface area contributed by atoms with Crippen LogP contribution >= 0.6 is 0 Å². The van der Waals surface area contributed by atoms with Crippen molar-refractivity contribution in [3.63, 3.8) is 0 Å². The normalized spacial score (nSPS) is 14.6. The Morgan fingerprint density at radius 2 is 1.39 bits per heavy atom. The number of hydrogen-bond donors (Lipinski definition) is 11. The lowest BCUT2D eigenvalue weighted by molar-refractivity contribution is -0.149. The lowest BCUT2D eigenvalue weighted by Gasteiger charge is -2.30. The van der Waals surface area contributed by atoms with Crippen LogP contribution in [0, 0.1) is 17.6 Å².